The lowest BCUT2D eigenvalue weighted by molar-refractivity contribution is 0.979. The van der Waals surface area contributed by atoms with Crippen LogP contribution in [0, 0.1) is 6.92 Å². The van der Waals surface area contributed by atoms with Crippen LogP contribution in [0.3, 0.4) is 0 Å². The van der Waals surface area contributed by atoms with Gasteiger partial charge in [0.2, 0.25) is 0 Å². The van der Waals surface area contributed by atoms with Crippen LogP contribution in [0.15, 0.2) is 53.4 Å². The number of benzene rings is 2. The molecule has 0 saturated heterocycles. The van der Waals surface area contributed by atoms with E-state index in [4.69, 9.17) is 24.4 Å². The average molecular weight is 421 g/mol. The van der Waals surface area contributed by atoms with Gasteiger partial charge in [0.1, 0.15) is 0 Å². The molecule has 0 aliphatic rings. The minimum atomic E-state index is 0.671. The topological polar surface area (TPSA) is 48.1 Å². The second-order valence-electron chi connectivity index (χ2n) is 5.56. The standard InChI is InChI=1S/C10H14N2S2.C10H14N2S/c1-3-11-10(13)12-8-4-6-9(14-2)7-5-8;1-3-11-10(13)12-9-6-4-8(2)5-7-9/h4-7H,3H2,1-2H3,(H2,11,12,13);4-7H,3H2,1-2H3,(H2,11,12,13). The molecule has 0 fully saturated rings. The number of hydrogen-bond acceptors (Lipinski definition) is 3. The highest BCUT2D eigenvalue weighted by Gasteiger charge is 1.96. The van der Waals surface area contributed by atoms with Crippen LogP contribution in [0.1, 0.15) is 19.4 Å². The van der Waals surface area contributed by atoms with Crippen LogP contribution in [0.4, 0.5) is 11.4 Å². The molecule has 0 aliphatic carbocycles. The Morgan fingerprint density at radius 3 is 1.56 bits per heavy atom. The first-order valence-corrected chi connectivity index (χ1v) is 10.8. The highest BCUT2D eigenvalue weighted by molar-refractivity contribution is 7.98. The fraction of sp³-hybridized carbons (Fsp3) is 0.300. The molecule has 0 heterocycles. The molecule has 0 radical (unpaired) electrons. The summed E-state index contributed by atoms with van der Waals surface area (Å²) >= 11 is 11.8. The van der Waals surface area contributed by atoms with Gasteiger partial charge in [0.25, 0.3) is 0 Å². The number of thiocarbonyl (C=S) groups is 2. The number of thioether (sulfide) groups is 1. The Hall–Kier alpha value is -1.83. The van der Waals surface area contributed by atoms with Gasteiger partial charge in [-0.25, -0.2) is 0 Å². The summed E-state index contributed by atoms with van der Waals surface area (Å²) in [6.07, 6.45) is 2.06. The van der Waals surface area contributed by atoms with Crippen molar-refractivity contribution in [2.24, 2.45) is 0 Å². The lowest BCUT2D eigenvalue weighted by Crippen LogP contribution is -2.27. The van der Waals surface area contributed by atoms with Crippen LogP contribution in [0.25, 0.3) is 0 Å². The quantitative estimate of drug-likeness (QED) is 0.400. The third kappa shape index (κ3) is 10.2. The van der Waals surface area contributed by atoms with E-state index >= 15 is 0 Å². The Kier molecular flexibility index (Phi) is 11.5. The molecule has 2 aromatic rings. The van der Waals surface area contributed by atoms with Gasteiger partial charge in [-0.05, 0) is 87.9 Å². The lowest BCUT2D eigenvalue weighted by atomic mass is 10.2. The Balaban J connectivity index is 0.000000271. The zero-order chi connectivity index (χ0) is 20.1. The SMILES string of the molecule is CCNC(=S)Nc1ccc(C)cc1.CCNC(=S)Nc1ccc(SC)cc1. The summed E-state index contributed by atoms with van der Waals surface area (Å²) in [6.45, 7) is 7.78. The minimum absolute atomic E-state index is 0.671. The van der Waals surface area contributed by atoms with Crippen molar-refractivity contribution in [1.82, 2.24) is 10.6 Å². The molecule has 0 spiro atoms. The van der Waals surface area contributed by atoms with Crippen molar-refractivity contribution in [3.8, 4) is 0 Å². The minimum Gasteiger partial charge on any atom is -0.363 e. The van der Waals surface area contributed by atoms with E-state index in [-0.39, 0.29) is 0 Å². The molecule has 2 rings (SSSR count). The van der Waals surface area contributed by atoms with E-state index < -0.39 is 0 Å². The van der Waals surface area contributed by atoms with Gasteiger partial charge >= 0.3 is 0 Å². The predicted molar refractivity (Wildman–Crippen MR) is 129 cm³/mol. The molecule has 0 atom stereocenters. The van der Waals surface area contributed by atoms with Crippen LogP contribution in [-0.2, 0) is 0 Å². The smallest absolute Gasteiger partial charge is 0.170 e. The maximum Gasteiger partial charge on any atom is 0.170 e. The number of rotatable bonds is 5. The normalized spacial score (nSPS) is 9.48. The Labute approximate surface area is 177 Å². The second-order valence-corrected chi connectivity index (χ2v) is 7.26. The molecule has 27 heavy (non-hydrogen) atoms. The van der Waals surface area contributed by atoms with Crippen LogP contribution >= 0.6 is 36.2 Å². The molecular weight excluding hydrogens is 392 g/mol. The Morgan fingerprint density at radius 2 is 1.19 bits per heavy atom. The fourth-order valence-electron chi connectivity index (χ4n) is 1.98. The molecular formula is C20H28N4S3. The summed E-state index contributed by atoms with van der Waals surface area (Å²) in [5, 5.41) is 13.6. The molecule has 4 N–H and O–H groups in total. The molecule has 7 heteroatoms. The highest BCUT2D eigenvalue weighted by Crippen LogP contribution is 2.17. The summed E-state index contributed by atoms with van der Waals surface area (Å²) in [5.41, 5.74) is 3.30. The second kappa shape index (κ2) is 13.4. The molecule has 2 aromatic carbocycles. The van der Waals surface area contributed by atoms with E-state index in [0.29, 0.717) is 10.2 Å². The van der Waals surface area contributed by atoms with E-state index in [1.54, 1.807) is 11.8 Å². The molecule has 0 aliphatic heterocycles. The zero-order valence-electron chi connectivity index (χ0n) is 16.3. The molecule has 0 saturated carbocycles. The van der Waals surface area contributed by atoms with Crippen LogP contribution in [-0.4, -0.2) is 29.6 Å². The Morgan fingerprint density at radius 1 is 0.778 bits per heavy atom. The zero-order valence-corrected chi connectivity index (χ0v) is 18.7. The molecule has 4 nitrogen and oxygen atoms in total. The number of hydrogen-bond donors (Lipinski definition) is 4. The van der Waals surface area contributed by atoms with Gasteiger partial charge in [-0.3, -0.25) is 0 Å². The van der Waals surface area contributed by atoms with E-state index in [1.165, 1.54) is 10.5 Å². The van der Waals surface area contributed by atoms with Gasteiger partial charge in [0.15, 0.2) is 10.2 Å². The maximum absolute atomic E-state index is 5.07. The van der Waals surface area contributed by atoms with Crippen molar-refractivity contribution in [1.29, 1.82) is 0 Å². The fourth-order valence-corrected chi connectivity index (χ4v) is 2.92. The third-order valence-electron chi connectivity index (χ3n) is 3.33. The van der Waals surface area contributed by atoms with E-state index in [2.05, 4.69) is 58.7 Å². The Bertz CT molecular complexity index is 700. The van der Waals surface area contributed by atoms with Crippen LogP contribution < -0.4 is 21.3 Å². The van der Waals surface area contributed by atoms with E-state index in [9.17, 15) is 0 Å². The van der Waals surface area contributed by atoms with Crippen molar-refractivity contribution in [3.05, 3.63) is 54.1 Å². The van der Waals surface area contributed by atoms with E-state index in [1.807, 2.05) is 38.1 Å². The van der Waals surface area contributed by atoms with Crippen LogP contribution in [0.2, 0.25) is 0 Å². The summed E-state index contributed by atoms with van der Waals surface area (Å²) < 4.78 is 0. The number of nitrogens with one attached hydrogen (secondary N) is 4. The van der Waals surface area contributed by atoms with Crippen molar-refractivity contribution in [2.75, 3.05) is 30.0 Å². The van der Waals surface area contributed by atoms with Gasteiger partial charge < -0.3 is 21.3 Å². The average Bonchev–Trinajstić information content (AvgIpc) is 2.65. The van der Waals surface area contributed by atoms with Gasteiger partial charge in [0.05, 0.1) is 0 Å². The summed E-state index contributed by atoms with van der Waals surface area (Å²) in [6, 6.07) is 16.3. The highest BCUT2D eigenvalue weighted by atomic mass is 32.2. The number of anilines is 2. The predicted octanol–water partition coefficient (Wildman–Crippen LogP) is 5.02. The first kappa shape index (κ1) is 23.2. The summed E-state index contributed by atoms with van der Waals surface area (Å²) in [5.74, 6) is 0. The largest absolute Gasteiger partial charge is 0.363 e. The molecule has 0 unspecified atom stereocenters. The maximum atomic E-state index is 5.07. The molecule has 0 amide bonds. The van der Waals surface area contributed by atoms with Crippen molar-refractivity contribution >= 4 is 57.8 Å². The summed E-state index contributed by atoms with van der Waals surface area (Å²) in [7, 11) is 0. The molecule has 0 bridgehead atoms. The van der Waals surface area contributed by atoms with Crippen molar-refractivity contribution < 1.29 is 0 Å². The third-order valence-corrected chi connectivity index (χ3v) is 4.57. The lowest BCUT2D eigenvalue weighted by Gasteiger charge is -2.08. The molecule has 0 aromatic heterocycles. The number of aryl methyl sites for hydroxylation is 1. The van der Waals surface area contributed by atoms with Gasteiger partial charge in [-0.2, -0.15) is 0 Å². The summed E-state index contributed by atoms with van der Waals surface area (Å²) in [4.78, 5) is 1.25. The van der Waals surface area contributed by atoms with E-state index in [0.717, 1.165) is 24.5 Å². The van der Waals surface area contributed by atoms with Crippen molar-refractivity contribution in [2.45, 2.75) is 25.7 Å². The van der Waals surface area contributed by atoms with Gasteiger partial charge in [-0.15, -0.1) is 11.8 Å². The monoisotopic (exact) mass is 420 g/mol. The molecule has 146 valence electrons. The first-order chi connectivity index (χ1) is 13.0. The van der Waals surface area contributed by atoms with Gasteiger partial charge in [-0.1, -0.05) is 17.7 Å². The van der Waals surface area contributed by atoms with Gasteiger partial charge in [0, 0.05) is 29.4 Å². The van der Waals surface area contributed by atoms with Crippen molar-refractivity contribution in [3.63, 3.8) is 0 Å². The first-order valence-electron chi connectivity index (χ1n) is 8.78. The van der Waals surface area contributed by atoms with Crippen LogP contribution in [0.5, 0.6) is 0 Å².